The van der Waals surface area contributed by atoms with Gasteiger partial charge in [-0.15, -0.1) is 0 Å². The van der Waals surface area contributed by atoms with Gasteiger partial charge in [0.25, 0.3) is 0 Å². The number of rotatable bonds is 5. The SMILES string of the molecule is COc1ccc(CNC2CCNCC2(C)C)cc1OC. The average molecular weight is 278 g/mol. The van der Waals surface area contributed by atoms with Crippen LogP contribution in [0.1, 0.15) is 25.8 Å². The van der Waals surface area contributed by atoms with Crippen molar-refractivity contribution in [1.29, 1.82) is 0 Å². The van der Waals surface area contributed by atoms with Crippen LogP contribution in [0.15, 0.2) is 18.2 Å². The minimum Gasteiger partial charge on any atom is -0.493 e. The predicted octanol–water partition coefficient (Wildman–Crippen LogP) is 2.18. The third kappa shape index (κ3) is 3.44. The highest BCUT2D eigenvalue weighted by Crippen LogP contribution is 2.28. The minimum atomic E-state index is 0.287. The summed E-state index contributed by atoms with van der Waals surface area (Å²) in [4.78, 5) is 0. The molecule has 1 fully saturated rings. The van der Waals surface area contributed by atoms with Gasteiger partial charge in [0.15, 0.2) is 11.5 Å². The van der Waals surface area contributed by atoms with Gasteiger partial charge < -0.3 is 20.1 Å². The Bertz CT molecular complexity index is 446. The van der Waals surface area contributed by atoms with E-state index in [-0.39, 0.29) is 5.41 Å². The maximum atomic E-state index is 5.35. The van der Waals surface area contributed by atoms with Crippen molar-refractivity contribution in [3.8, 4) is 11.5 Å². The molecule has 0 spiro atoms. The van der Waals surface area contributed by atoms with Crippen LogP contribution < -0.4 is 20.1 Å². The maximum Gasteiger partial charge on any atom is 0.161 e. The van der Waals surface area contributed by atoms with E-state index < -0.39 is 0 Å². The van der Waals surface area contributed by atoms with Crippen LogP contribution in [0, 0.1) is 5.41 Å². The number of hydrogen-bond acceptors (Lipinski definition) is 4. The zero-order valence-corrected chi connectivity index (χ0v) is 13.0. The Morgan fingerprint density at radius 2 is 2.00 bits per heavy atom. The topological polar surface area (TPSA) is 42.5 Å². The van der Waals surface area contributed by atoms with Crippen molar-refractivity contribution in [2.24, 2.45) is 5.41 Å². The van der Waals surface area contributed by atoms with Crippen LogP contribution in [0.2, 0.25) is 0 Å². The van der Waals surface area contributed by atoms with E-state index in [0.29, 0.717) is 6.04 Å². The van der Waals surface area contributed by atoms with Crippen LogP contribution in [0.25, 0.3) is 0 Å². The first-order valence-corrected chi connectivity index (χ1v) is 7.22. The molecule has 1 aromatic rings. The second kappa shape index (κ2) is 6.46. The molecule has 1 saturated heterocycles. The molecule has 0 radical (unpaired) electrons. The number of methoxy groups -OCH3 is 2. The number of ether oxygens (including phenoxy) is 2. The molecule has 20 heavy (non-hydrogen) atoms. The second-order valence-corrected chi connectivity index (χ2v) is 6.08. The van der Waals surface area contributed by atoms with E-state index in [2.05, 4.69) is 30.5 Å². The Kier molecular flexibility index (Phi) is 4.89. The molecule has 0 aromatic heterocycles. The molecule has 1 aliphatic heterocycles. The highest BCUT2D eigenvalue weighted by molar-refractivity contribution is 5.42. The molecule has 0 bridgehead atoms. The van der Waals surface area contributed by atoms with E-state index in [1.165, 1.54) is 12.0 Å². The number of piperidine rings is 1. The number of benzene rings is 1. The molecule has 0 saturated carbocycles. The van der Waals surface area contributed by atoms with E-state index in [4.69, 9.17) is 9.47 Å². The van der Waals surface area contributed by atoms with Gasteiger partial charge in [-0.2, -0.15) is 0 Å². The van der Waals surface area contributed by atoms with E-state index in [0.717, 1.165) is 31.1 Å². The molecule has 2 N–H and O–H groups in total. The van der Waals surface area contributed by atoms with Gasteiger partial charge in [0, 0.05) is 19.1 Å². The smallest absolute Gasteiger partial charge is 0.161 e. The zero-order chi connectivity index (χ0) is 14.6. The van der Waals surface area contributed by atoms with Gasteiger partial charge in [0.05, 0.1) is 14.2 Å². The van der Waals surface area contributed by atoms with E-state index >= 15 is 0 Å². The van der Waals surface area contributed by atoms with Gasteiger partial charge >= 0.3 is 0 Å². The molecule has 0 aliphatic carbocycles. The zero-order valence-electron chi connectivity index (χ0n) is 13.0. The number of nitrogens with one attached hydrogen (secondary N) is 2. The average Bonchev–Trinajstić information content (AvgIpc) is 2.45. The minimum absolute atomic E-state index is 0.287. The fraction of sp³-hybridized carbons (Fsp3) is 0.625. The van der Waals surface area contributed by atoms with Gasteiger partial charge in [0.2, 0.25) is 0 Å². The summed E-state index contributed by atoms with van der Waals surface area (Å²) >= 11 is 0. The fourth-order valence-corrected chi connectivity index (χ4v) is 2.78. The summed E-state index contributed by atoms with van der Waals surface area (Å²) in [5.41, 5.74) is 1.51. The molecule has 1 heterocycles. The van der Waals surface area contributed by atoms with Gasteiger partial charge in [-0.1, -0.05) is 19.9 Å². The molecule has 1 unspecified atom stereocenters. The molecule has 1 aromatic carbocycles. The van der Waals surface area contributed by atoms with Crippen molar-refractivity contribution in [3.63, 3.8) is 0 Å². The lowest BCUT2D eigenvalue weighted by molar-refractivity contribution is 0.184. The van der Waals surface area contributed by atoms with Crippen LogP contribution in [0.4, 0.5) is 0 Å². The van der Waals surface area contributed by atoms with Crippen LogP contribution in [0.5, 0.6) is 11.5 Å². The van der Waals surface area contributed by atoms with E-state index in [9.17, 15) is 0 Å². The highest BCUT2D eigenvalue weighted by Gasteiger charge is 2.31. The fourth-order valence-electron chi connectivity index (χ4n) is 2.78. The highest BCUT2D eigenvalue weighted by atomic mass is 16.5. The number of hydrogen-bond donors (Lipinski definition) is 2. The molecule has 1 atom stereocenters. The Labute approximate surface area is 121 Å². The molecule has 4 nitrogen and oxygen atoms in total. The summed E-state index contributed by atoms with van der Waals surface area (Å²) in [5, 5.41) is 7.14. The summed E-state index contributed by atoms with van der Waals surface area (Å²) in [6.45, 7) is 7.63. The third-order valence-corrected chi connectivity index (χ3v) is 4.13. The summed E-state index contributed by atoms with van der Waals surface area (Å²) < 4.78 is 10.6. The monoisotopic (exact) mass is 278 g/mol. The van der Waals surface area contributed by atoms with Crippen LogP contribution in [-0.2, 0) is 6.54 Å². The molecule has 1 aliphatic rings. The summed E-state index contributed by atoms with van der Waals surface area (Å²) in [7, 11) is 3.33. The normalized spacial score (nSPS) is 21.5. The lowest BCUT2D eigenvalue weighted by Gasteiger charge is -2.39. The molecule has 112 valence electrons. The van der Waals surface area contributed by atoms with Crippen LogP contribution >= 0.6 is 0 Å². The predicted molar refractivity (Wildman–Crippen MR) is 81.4 cm³/mol. The standard InChI is InChI=1S/C16H26N2O2/c1-16(2)11-17-8-7-15(16)18-10-12-5-6-13(19-3)14(9-12)20-4/h5-6,9,15,17-18H,7-8,10-11H2,1-4H3. The first-order chi connectivity index (χ1) is 9.56. The first kappa shape index (κ1) is 15.1. The largest absolute Gasteiger partial charge is 0.493 e. The quantitative estimate of drug-likeness (QED) is 0.866. The van der Waals surface area contributed by atoms with Crippen LogP contribution in [0.3, 0.4) is 0 Å². The van der Waals surface area contributed by atoms with Crippen molar-refractivity contribution < 1.29 is 9.47 Å². The van der Waals surface area contributed by atoms with Crippen molar-refractivity contribution in [3.05, 3.63) is 23.8 Å². The lowest BCUT2D eigenvalue weighted by Crippen LogP contribution is -2.52. The van der Waals surface area contributed by atoms with Crippen molar-refractivity contribution >= 4 is 0 Å². The van der Waals surface area contributed by atoms with E-state index in [1.807, 2.05) is 12.1 Å². The Hall–Kier alpha value is -1.26. The molecular weight excluding hydrogens is 252 g/mol. The van der Waals surface area contributed by atoms with E-state index in [1.54, 1.807) is 14.2 Å². The van der Waals surface area contributed by atoms with Crippen molar-refractivity contribution in [1.82, 2.24) is 10.6 Å². The third-order valence-electron chi connectivity index (χ3n) is 4.13. The van der Waals surface area contributed by atoms with Crippen molar-refractivity contribution in [2.45, 2.75) is 32.9 Å². The summed E-state index contributed by atoms with van der Waals surface area (Å²) in [5.74, 6) is 1.56. The lowest BCUT2D eigenvalue weighted by atomic mass is 9.80. The Morgan fingerprint density at radius 1 is 1.25 bits per heavy atom. The molecule has 2 rings (SSSR count). The van der Waals surface area contributed by atoms with Gasteiger partial charge in [-0.3, -0.25) is 0 Å². The summed E-state index contributed by atoms with van der Waals surface area (Å²) in [6, 6.07) is 6.63. The van der Waals surface area contributed by atoms with Gasteiger partial charge in [-0.25, -0.2) is 0 Å². The van der Waals surface area contributed by atoms with Crippen molar-refractivity contribution in [2.75, 3.05) is 27.3 Å². The van der Waals surface area contributed by atoms with Gasteiger partial charge in [0.1, 0.15) is 0 Å². The van der Waals surface area contributed by atoms with Crippen LogP contribution in [-0.4, -0.2) is 33.4 Å². The Balaban J connectivity index is 2.00. The molecular formula is C16H26N2O2. The molecule has 4 heteroatoms. The first-order valence-electron chi connectivity index (χ1n) is 7.22. The maximum absolute atomic E-state index is 5.35. The summed E-state index contributed by atoms with van der Waals surface area (Å²) in [6.07, 6.45) is 1.17. The Morgan fingerprint density at radius 3 is 2.65 bits per heavy atom. The second-order valence-electron chi connectivity index (χ2n) is 6.08. The van der Waals surface area contributed by atoms with Gasteiger partial charge in [-0.05, 0) is 36.1 Å². The molecule has 0 amide bonds.